The maximum Gasteiger partial charge on any atom is 0.407 e. The molecule has 1 aliphatic rings. The number of halogens is 4. The minimum Gasteiger partial charge on any atom is -0.338 e. The van der Waals surface area contributed by atoms with Crippen LogP contribution in [0.4, 0.5) is 29.1 Å². The first-order chi connectivity index (χ1) is 15.7. The maximum absolute atomic E-state index is 15.2. The average Bonchev–Trinajstić information content (AvgIpc) is 3.15. The molecule has 3 aromatic rings. The van der Waals surface area contributed by atoms with E-state index in [0.29, 0.717) is 24.0 Å². The molecule has 1 aliphatic carbocycles. The van der Waals surface area contributed by atoms with Crippen molar-refractivity contribution in [2.75, 3.05) is 5.32 Å². The van der Waals surface area contributed by atoms with E-state index >= 15 is 4.39 Å². The van der Waals surface area contributed by atoms with Crippen LogP contribution in [0.5, 0.6) is 0 Å². The molecule has 0 bridgehead atoms. The number of aromatic amines is 1. The molecule has 1 unspecified atom stereocenters. The van der Waals surface area contributed by atoms with Gasteiger partial charge in [-0.15, -0.1) is 0 Å². The molecule has 1 fully saturated rings. The Labute approximate surface area is 186 Å². The number of rotatable bonds is 5. The van der Waals surface area contributed by atoms with Gasteiger partial charge >= 0.3 is 6.18 Å². The van der Waals surface area contributed by atoms with Crippen LogP contribution in [-0.4, -0.2) is 27.1 Å². The van der Waals surface area contributed by atoms with Gasteiger partial charge in [0.1, 0.15) is 23.1 Å². The number of hydrogen-bond acceptors (Lipinski definition) is 5. The maximum atomic E-state index is 15.2. The van der Waals surface area contributed by atoms with E-state index in [1.54, 1.807) is 6.07 Å². The van der Waals surface area contributed by atoms with Gasteiger partial charge in [-0.25, -0.2) is 4.39 Å². The predicted octanol–water partition coefficient (Wildman–Crippen LogP) is 4.55. The van der Waals surface area contributed by atoms with E-state index in [1.165, 1.54) is 35.1 Å². The number of alkyl halides is 4. The van der Waals surface area contributed by atoms with Crippen molar-refractivity contribution < 1.29 is 17.6 Å². The van der Waals surface area contributed by atoms with Gasteiger partial charge in [0.25, 0.3) is 5.56 Å². The van der Waals surface area contributed by atoms with Gasteiger partial charge in [0.15, 0.2) is 5.82 Å². The lowest BCUT2D eigenvalue weighted by molar-refractivity contribution is -0.149. The topological polar surface area (TPSA) is 113 Å². The van der Waals surface area contributed by atoms with E-state index in [4.69, 9.17) is 5.73 Å². The van der Waals surface area contributed by atoms with Crippen LogP contribution in [0.2, 0.25) is 0 Å². The normalized spacial score (nSPS) is 22.1. The summed E-state index contributed by atoms with van der Waals surface area (Å²) in [6.07, 6.45) is -2.47. The average molecular weight is 462 g/mol. The highest BCUT2D eigenvalue weighted by Gasteiger charge is 2.45. The number of nitrogens with zero attached hydrogens (tertiary/aromatic N) is 3. The highest BCUT2D eigenvalue weighted by atomic mass is 19.4. The summed E-state index contributed by atoms with van der Waals surface area (Å²) < 4.78 is 55.3. The Kier molecular flexibility index (Phi) is 5.88. The van der Waals surface area contributed by atoms with Crippen LogP contribution >= 0.6 is 0 Å². The van der Waals surface area contributed by atoms with Crippen molar-refractivity contribution in [3.63, 3.8) is 0 Å². The second kappa shape index (κ2) is 8.51. The quantitative estimate of drug-likeness (QED) is 0.482. The molecule has 1 aromatic carbocycles. The van der Waals surface area contributed by atoms with Crippen molar-refractivity contribution in [3.8, 4) is 6.07 Å². The summed E-state index contributed by atoms with van der Waals surface area (Å²) in [5.41, 5.74) is 4.20. The zero-order valence-electron chi connectivity index (χ0n) is 17.5. The molecule has 2 aromatic heterocycles. The van der Waals surface area contributed by atoms with Gasteiger partial charge in [0.05, 0.1) is 18.0 Å². The molecular weight excluding hydrogens is 440 g/mol. The molecule has 1 saturated carbocycles. The Balaban J connectivity index is 1.77. The highest BCUT2D eigenvalue weighted by molar-refractivity contribution is 5.91. The van der Waals surface area contributed by atoms with Crippen LogP contribution in [0, 0.1) is 11.3 Å². The number of pyridine rings is 1. The SMILES string of the molecule is N#CC[C@]1(n2nc(Nc3ccc(C(N)C(F)(F)F)cc3)c3c(=O)[nH]ccc32)CCCC[C@H]1F. The first kappa shape index (κ1) is 22.8. The Hall–Kier alpha value is -3.39. The van der Waals surface area contributed by atoms with Crippen LogP contribution in [0.25, 0.3) is 10.9 Å². The second-order valence-electron chi connectivity index (χ2n) is 8.25. The van der Waals surface area contributed by atoms with Crippen molar-refractivity contribution in [1.29, 1.82) is 5.26 Å². The Morgan fingerprint density at radius 1 is 1.30 bits per heavy atom. The van der Waals surface area contributed by atoms with Gasteiger partial charge in [0.2, 0.25) is 0 Å². The third kappa shape index (κ3) is 4.06. The van der Waals surface area contributed by atoms with E-state index in [2.05, 4.69) is 21.5 Å². The van der Waals surface area contributed by atoms with E-state index in [9.17, 15) is 23.2 Å². The van der Waals surface area contributed by atoms with Crippen LogP contribution < -0.4 is 16.6 Å². The van der Waals surface area contributed by atoms with Gasteiger partial charge in [-0.2, -0.15) is 23.5 Å². The van der Waals surface area contributed by atoms with Crippen LogP contribution in [0.1, 0.15) is 43.7 Å². The molecule has 0 radical (unpaired) electrons. The smallest absolute Gasteiger partial charge is 0.338 e. The lowest BCUT2D eigenvalue weighted by atomic mass is 9.78. The van der Waals surface area contributed by atoms with E-state index < -0.39 is 29.5 Å². The molecule has 4 rings (SSSR count). The first-order valence-corrected chi connectivity index (χ1v) is 10.5. The standard InChI is InChI=1S/C22H22F4N6O/c23-16-3-1-2-9-21(16,10-11-27)32-15-8-12-29-20(33)17(15)19(31-32)30-14-6-4-13(5-7-14)18(28)22(24,25)26/h4-8,12,16,18H,1-3,9-10,28H2,(H,29,33)(H,30,31)/t16-,18?,21-/m1/s1. The molecule has 3 atom stereocenters. The molecule has 0 spiro atoms. The van der Waals surface area contributed by atoms with Gasteiger partial charge in [0, 0.05) is 11.9 Å². The minimum atomic E-state index is -4.57. The molecular formula is C22H22F4N6O. The molecule has 33 heavy (non-hydrogen) atoms. The summed E-state index contributed by atoms with van der Waals surface area (Å²) in [6.45, 7) is 0. The Morgan fingerprint density at radius 3 is 2.67 bits per heavy atom. The van der Waals surface area contributed by atoms with Crippen molar-refractivity contribution in [2.24, 2.45) is 5.73 Å². The predicted molar refractivity (Wildman–Crippen MR) is 115 cm³/mol. The number of nitrogens with one attached hydrogen (secondary N) is 2. The van der Waals surface area contributed by atoms with Gasteiger partial charge in [-0.1, -0.05) is 25.0 Å². The number of fused-ring (bicyclic) bond motifs is 1. The lowest BCUT2D eigenvalue weighted by Crippen LogP contribution is -2.45. The van der Waals surface area contributed by atoms with E-state index in [1.807, 2.05) is 0 Å². The zero-order chi connectivity index (χ0) is 23.8. The lowest BCUT2D eigenvalue weighted by Gasteiger charge is -2.39. The number of benzene rings is 1. The number of hydrogen-bond donors (Lipinski definition) is 3. The number of H-pyrrole nitrogens is 1. The van der Waals surface area contributed by atoms with Crippen molar-refractivity contribution in [3.05, 3.63) is 52.4 Å². The molecule has 11 heteroatoms. The third-order valence-corrected chi connectivity index (χ3v) is 6.20. The highest BCUT2D eigenvalue weighted by Crippen LogP contribution is 2.42. The fourth-order valence-electron chi connectivity index (χ4n) is 4.43. The molecule has 0 aliphatic heterocycles. The van der Waals surface area contributed by atoms with Crippen LogP contribution in [0.3, 0.4) is 0 Å². The van der Waals surface area contributed by atoms with Crippen LogP contribution in [-0.2, 0) is 5.54 Å². The monoisotopic (exact) mass is 462 g/mol. The molecule has 4 N–H and O–H groups in total. The second-order valence-corrected chi connectivity index (χ2v) is 8.25. The van der Waals surface area contributed by atoms with Gasteiger partial charge in [-0.05, 0) is 36.6 Å². The van der Waals surface area contributed by atoms with Gasteiger partial charge < -0.3 is 16.0 Å². The molecule has 174 valence electrons. The Bertz CT molecular complexity index is 1240. The van der Waals surface area contributed by atoms with Crippen molar-refractivity contribution in [1.82, 2.24) is 14.8 Å². The zero-order valence-corrected chi connectivity index (χ0v) is 17.5. The number of nitriles is 1. The van der Waals surface area contributed by atoms with E-state index in [0.717, 1.165) is 6.42 Å². The fraction of sp³-hybridized carbons (Fsp3) is 0.409. The molecule has 0 amide bonds. The van der Waals surface area contributed by atoms with Crippen LogP contribution in [0.15, 0.2) is 41.3 Å². The fourth-order valence-corrected chi connectivity index (χ4v) is 4.43. The largest absolute Gasteiger partial charge is 0.407 e. The first-order valence-electron chi connectivity index (χ1n) is 10.5. The summed E-state index contributed by atoms with van der Waals surface area (Å²) in [6, 6.07) is 6.81. The molecule has 2 heterocycles. The Morgan fingerprint density at radius 2 is 2.03 bits per heavy atom. The van der Waals surface area contributed by atoms with Crippen molar-refractivity contribution >= 4 is 22.4 Å². The summed E-state index contributed by atoms with van der Waals surface area (Å²) >= 11 is 0. The summed E-state index contributed by atoms with van der Waals surface area (Å²) in [5, 5.41) is 17.0. The van der Waals surface area contributed by atoms with E-state index in [-0.39, 0.29) is 29.6 Å². The number of aromatic nitrogens is 3. The number of nitrogens with two attached hydrogens (primary N) is 1. The summed E-state index contributed by atoms with van der Waals surface area (Å²) in [5.74, 6) is 0.120. The molecule has 0 saturated heterocycles. The summed E-state index contributed by atoms with van der Waals surface area (Å²) in [7, 11) is 0. The van der Waals surface area contributed by atoms with Gasteiger partial charge in [-0.3, -0.25) is 9.48 Å². The number of anilines is 2. The molecule has 7 nitrogen and oxygen atoms in total. The van der Waals surface area contributed by atoms with Crippen molar-refractivity contribution in [2.45, 2.75) is 56.0 Å². The summed E-state index contributed by atoms with van der Waals surface area (Å²) in [4.78, 5) is 15.2. The minimum absolute atomic E-state index is 0.110. The third-order valence-electron chi connectivity index (χ3n) is 6.20.